The van der Waals surface area contributed by atoms with Crippen LogP contribution < -0.4 is 10.1 Å². The molecule has 0 atom stereocenters. The zero-order valence-electron chi connectivity index (χ0n) is 15.7. The van der Waals surface area contributed by atoms with E-state index < -0.39 is 5.82 Å². The van der Waals surface area contributed by atoms with Gasteiger partial charge in [-0.1, -0.05) is 42.5 Å². The highest BCUT2D eigenvalue weighted by Gasteiger charge is 2.13. The fourth-order valence-corrected chi connectivity index (χ4v) is 3.87. The molecule has 0 fully saturated rings. The number of anilines is 1. The van der Waals surface area contributed by atoms with Crippen LogP contribution in [0.2, 0.25) is 0 Å². The van der Waals surface area contributed by atoms with Crippen LogP contribution in [0.15, 0.2) is 84.5 Å². The lowest BCUT2D eigenvalue weighted by molar-refractivity contribution is 0.103. The first-order valence-corrected chi connectivity index (χ1v) is 9.86. The number of benzene rings is 2. The molecule has 0 unspecified atom stereocenters. The quantitative estimate of drug-likeness (QED) is 0.541. The molecule has 1 aliphatic carbocycles. The maximum absolute atomic E-state index is 14.5. The van der Waals surface area contributed by atoms with Gasteiger partial charge in [-0.15, -0.1) is 11.3 Å². The first-order chi connectivity index (χ1) is 14.1. The van der Waals surface area contributed by atoms with Crippen molar-refractivity contribution in [1.82, 2.24) is 0 Å². The Morgan fingerprint density at radius 3 is 2.66 bits per heavy atom. The first-order valence-electron chi connectivity index (χ1n) is 9.04. The van der Waals surface area contributed by atoms with Crippen molar-refractivity contribution >= 4 is 29.0 Å². The van der Waals surface area contributed by atoms with E-state index in [0.717, 1.165) is 27.3 Å². The van der Waals surface area contributed by atoms with E-state index in [9.17, 15) is 9.18 Å². The molecule has 1 N–H and O–H groups in total. The van der Waals surface area contributed by atoms with E-state index in [2.05, 4.69) is 5.32 Å². The lowest BCUT2D eigenvalue weighted by Crippen LogP contribution is -2.11. The van der Waals surface area contributed by atoms with Crippen molar-refractivity contribution < 1.29 is 13.9 Å². The summed E-state index contributed by atoms with van der Waals surface area (Å²) in [7, 11) is 1.61. The first kappa shape index (κ1) is 18.9. The van der Waals surface area contributed by atoms with Crippen molar-refractivity contribution in [2.24, 2.45) is 0 Å². The number of carbonyl (C=O) groups is 1. The second-order valence-corrected chi connectivity index (χ2v) is 7.54. The average molecular weight is 403 g/mol. The fourth-order valence-electron chi connectivity index (χ4n) is 2.98. The summed E-state index contributed by atoms with van der Waals surface area (Å²) < 4.78 is 19.7. The van der Waals surface area contributed by atoms with E-state index in [0.29, 0.717) is 4.88 Å². The number of methoxy groups -OCH3 is 1. The zero-order chi connectivity index (χ0) is 20.2. The summed E-state index contributed by atoms with van der Waals surface area (Å²) in [5.74, 6) is -0.0540. The number of carbonyl (C=O) groups excluding carboxylic acids is 1. The molecule has 0 saturated heterocycles. The summed E-state index contributed by atoms with van der Waals surface area (Å²) >= 11 is 1.35. The molecule has 29 heavy (non-hydrogen) atoms. The van der Waals surface area contributed by atoms with Crippen LogP contribution in [0.1, 0.15) is 15.2 Å². The summed E-state index contributed by atoms with van der Waals surface area (Å²) in [4.78, 5) is 14.0. The summed E-state index contributed by atoms with van der Waals surface area (Å²) in [6, 6.07) is 16.0. The Kier molecular flexibility index (Phi) is 5.40. The Balaban J connectivity index is 1.49. The Labute approximate surface area is 172 Å². The molecule has 0 bridgehead atoms. The number of nitrogens with one attached hydrogen (secondary N) is 1. The van der Waals surface area contributed by atoms with Gasteiger partial charge in [-0.2, -0.15) is 0 Å². The minimum absolute atomic E-state index is 0.158. The number of thiophene rings is 1. The average Bonchev–Trinajstić information content (AvgIpc) is 3.42. The number of hydrogen-bond acceptors (Lipinski definition) is 3. The molecule has 144 valence electrons. The minimum atomic E-state index is -0.469. The topological polar surface area (TPSA) is 38.3 Å². The predicted molar refractivity (Wildman–Crippen MR) is 117 cm³/mol. The lowest BCUT2D eigenvalue weighted by Gasteiger charge is -2.06. The molecule has 1 heterocycles. The van der Waals surface area contributed by atoms with Gasteiger partial charge >= 0.3 is 0 Å². The smallest absolute Gasteiger partial charge is 0.265 e. The Hall–Kier alpha value is -3.44. The van der Waals surface area contributed by atoms with Gasteiger partial charge in [-0.05, 0) is 59.2 Å². The fraction of sp³-hybridized carbons (Fsp3) is 0.0417. The number of halogens is 1. The molecule has 2 aromatic carbocycles. The van der Waals surface area contributed by atoms with E-state index in [1.807, 2.05) is 60.7 Å². The van der Waals surface area contributed by atoms with Gasteiger partial charge in [0.05, 0.1) is 17.7 Å². The maximum Gasteiger partial charge on any atom is 0.265 e. The Morgan fingerprint density at radius 2 is 1.90 bits per heavy atom. The van der Waals surface area contributed by atoms with Crippen molar-refractivity contribution in [3.05, 3.63) is 101 Å². The normalized spacial score (nSPS) is 12.3. The van der Waals surface area contributed by atoms with E-state index >= 15 is 0 Å². The maximum atomic E-state index is 14.5. The van der Waals surface area contributed by atoms with Gasteiger partial charge in [0.15, 0.2) is 0 Å². The van der Waals surface area contributed by atoms with Gasteiger partial charge in [-0.3, -0.25) is 4.79 Å². The summed E-state index contributed by atoms with van der Waals surface area (Å²) in [5.41, 5.74) is 2.87. The summed E-state index contributed by atoms with van der Waals surface area (Å²) in [6.07, 6.45) is 9.64. The van der Waals surface area contributed by atoms with Crippen LogP contribution in [-0.4, -0.2) is 13.0 Å². The van der Waals surface area contributed by atoms with Crippen LogP contribution in [0, 0.1) is 5.82 Å². The van der Waals surface area contributed by atoms with Gasteiger partial charge in [0.2, 0.25) is 0 Å². The third kappa shape index (κ3) is 4.36. The summed E-state index contributed by atoms with van der Waals surface area (Å²) in [6.45, 7) is 0. The van der Waals surface area contributed by atoms with Crippen molar-refractivity contribution in [3.63, 3.8) is 0 Å². The molecule has 3 aromatic rings. The van der Waals surface area contributed by atoms with Crippen molar-refractivity contribution in [1.29, 1.82) is 0 Å². The SMILES string of the molecule is COc1cccc(-c2ccc(C(=O)Nc3ccc(C=C4C=CC=C4)cc3F)s2)c1. The van der Waals surface area contributed by atoms with Crippen LogP contribution in [0.5, 0.6) is 5.75 Å². The highest BCUT2D eigenvalue weighted by Crippen LogP contribution is 2.31. The highest BCUT2D eigenvalue weighted by atomic mass is 32.1. The molecular weight excluding hydrogens is 385 g/mol. The van der Waals surface area contributed by atoms with Crippen molar-refractivity contribution in [2.75, 3.05) is 12.4 Å². The molecule has 0 spiro atoms. The molecule has 0 saturated carbocycles. The van der Waals surface area contributed by atoms with Crippen LogP contribution in [-0.2, 0) is 0 Å². The molecule has 1 amide bonds. The number of allylic oxidation sites excluding steroid dienone is 5. The van der Waals surface area contributed by atoms with E-state index in [1.165, 1.54) is 17.4 Å². The van der Waals surface area contributed by atoms with Gasteiger partial charge in [0, 0.05) is 4.88 Å². The summed E-state index contributed by atoms with van der Waals surface area (Å²) in [5, 5.41) is 2.66. The van der Waals surface area contributed by atoms with Crippen molar-refractivity contribution in [2.45, 2.75) is 0 Å². The number of amides is 1. The highest BCUT2D eigenvalue weighted by molar-refractivity contribution is 7.17. The van der Waals surface area contributed by atoms with Gasteiger partial charge in [0.25, 0.3) is 5.91 Å². The third-order valence-corrected chi connectivity index (χ3v) is 5.58. The number of hydrogen-bond donors (Lipinski definition) is 1. The monoisotopic (exact) mass is 403 g/mol. The number of rotatable bonds is 5. The van der Waals surface area contributed by atoms with Crippen LogP contribution >= 0.6 is 11.3 Å². The Morgan fingerprint density at radius 1 is 1.07 bits per heavy atom. The van der Waals surface area contributed by atoms with Crippen molar-refractivity contribution in [3.8, 4) is 16.2 Å². The molecule has 1 aromatic heterocycles. The largest absolute Gasteiger partial charge is 0.497 e. The molecule has 0 aliphatic heterocycles. The molecule has 5 heteroatoms. The number of ether oxygens (including phenoxy) is 1. The van der Waals surface area contributed by atoms with E-state index in [4.69, 9.17) is 4.74 Å². The van der Waals surface area contributed by atoms with Crippen LogP contribution in [0.4, 0.5) is 10.1 Å². The third-order valence-electron chi connectivity index (χ3n) is 4.45. The van der Waals surface area contributed by atoms with Crippen LogP contribution in [0.3, 0.4) is 0 Å². The molecule has 4 rings (SSSR count). The molecular formula is C24H18FNO2S. The van der Waals surface area contributed by atoms with Crippen LogP contribution in [0.25, 0.3) is 16.5 Å². The second-order valence-electron chi connectivity index (χ2n) is 6.45. The standard InChI is InChI=1S/C24H18FNO2S/c1-28-19-8-4-7-18(15-19)22-11-12-23(29-22)24(27)26-21-10-9-17(14-20(21)25)13-16-5-2-3-6-16/h2-15H,1H3,(H,26,27). The minimum Gasteiger partial charge on any atom is -0.497 e. The van der Waals surface area contributed by atoms with E-state index in [-0.39, 0.29) is 11.6 Å². The molecule has 0 radical (unpaired) electrons. The van der Waals surface area contributed by atoms with Gasteiger partial charge < -0.3 is 10.1 Å². The van der Waals surface area contributed by atoms with Gasteiger partial charge in [-0.25, -0.2) is 4.39 Å². The van der Waals surface area contributed by atoms with Gasteiger partial charge in [0.1, 0.15) is 11.6 Å². The second kappa shape index (κ2) is 8.29. The molecule has 1 aliphatic rings. The zero-order valence-corrected chi connectivity index (χ0v) is 16.5. The Bertz CT molecular complexity index is 1140. The lowest BCUT2D eigenvalue weighted by atomic mass is 10.1. The predicted octanol–water partition coefficient (Wildman–Crippen LogP) is 6.32. The van der Waals surface area contributed by atoms with E-state index in [1.54, 1.807) is 25.3 Å². The molecule has 3 nitrogen and oxygen atoms in total.